The molecule has 0 bridgehead atoms. The predicted molar refractivity (Wildman–Crippen MR) is 84.6 cm³/mol. The maximum Gasteiger partial charge on any atom is 0.129 e. The van der Waals surface area contributed by atoms with Crippen molar-refractivity contribution in [3.05, 3.63) is 69.3 Å². The molecular formula is C16H12BrFOS. The molecule has 0 spiro atoms. The molecule has 0 fully saturated rings. The van der Waals surface area contributed by atoms with Gasteiger partial charge in [0.15, 0.2) is 0 Å². The summed E-state index contributed by atoms with van der Waals surface area (Å²) >= 11 is 4.80. The van der Waals surface area contributed by atoms with E-state index in [1.165, 1.54) is 17.4 Å². The van der Waals surface area contributed by atoms with Crippen LogP contribution in [0.5, 0.6) is 0 Å². The number of fused-ring (bicyclic) bond motifs is 1. The third kappa shape index (κ3) is 2.28. The second-order valence-corrected chi connectivity index (χ2v) is 6.84. The highest BCUT2D eigenvalue weighted by Gasteiger charge is 2.30. The van der Waals surface area contributed by atoms with Crippen LogP contribution in [0.1, 0.15) is 17.4 Å². The van der Waals surface area contributed by atoms with Gasteiger partial charge in [0.05, 0.1) is 0 Å². The van der Waals surface area contributed by atoms with Crippen LogP contribution in [0.15, 0.2) is 53.0 Å². The smallest absolute Gasteiger partial charge is 0.129 e. The summed E-state index contributed by atoms with van der Waals surface area (Å²) in [6.45, 7) is 1.63. The van der Waals surface area contributed by atoms with Crippen LogP contribution in [0.3, 0.4) is 0 Å². The Kier molecular flexibility index (Phi) is 3.40. The van der Waals surface area contributed by atoms with Gasteiger partial charge in [0.25, 0.3) is 0 Å². The standard InChI is InChI=1S/C16H12BrFOS/c1-16(19,12-9-11(17)6-7-13(12)18)15-8-10-4-2-3-5-14(10)20-15/h2-9,19H,1H3. The highest BCUT2D eigenvalue weighted by atomic mass is 79.9. The third-order valence-electron chi connectivity index (χ3n) is 3.36. The lowest BCUT2D eigenvalue weighted by atomic mass is 9.93. The average molecular weight is 351 g/mol. The maximum absolute atomic E-state index is 14.0. The highest BCUT2D eigenvalue weighted by Crippen LogP contribution is 2.38. The van der Waals surface area contributed by atoms with Gasteiger partial charge in [-0.25, -0.2) is 4.39 Å². The number of rotatable bonds is 2. The predicted octanol–water partition coefficient (Wildman–Crippen LogP) is 5.06. The van der Waals surface area contributed by atoms with Crippen molar-refractivity contribution in [2.75, 3.05) is 0 Å². The summed E-state index contributed by atoms with van der Waals surface area (Å²) in [5, 5.41) is 11.9. The Labute approximate surface area is 128 Å². The van der Waals surface area contributed by atoms with E-state index in [2.05, 4.69) is 15.9 Å². The first-order chi connectivity index (χ1) is 9.48. The van der Waals surface area contributed by atoms with Crippen LogP contribution in [-0.2, 0) is 5.60 Å². The monoisotopic (exact) mass is 350 g/mol. The first kappa shape index (κ1) is 13.7. The van der Waals surface area contributed by atoms with Crippen LogP contribution in [0.4, 0.5) is 4.39 Å². The molecular weight excluding hydrogens is 339 g/mol. The van der Waals surface area contributed by atoms with Gasteiger partial charge >= 0.3 is 0 Å². The summed E-state index contributed by atoms with van der Waals surface area (Å²) in [7, 11) is 0. The normalized spacial score (nSPS) is 14.4. The molecule has 4 heteroatoms. The van der Waals surface area contributed by atoms with Gasteiger partial charge in [-0.1, -0.05) is 34.1 Å². The second kappa shape index (κ2) is 4.95. The van der Waals surface area contributed by atoms with E-state index in [-0.39, 0.29) is 5.56 Å². The third-order valence-corrected chi connectivity index (χ3v) is 5.18. The largest absolute Gasteiger partial charge is 0.380 e. The van der Waals surface area contributed by atoms with Crippen LogP contribution in [0.2, 0.25) is 0 Å². The van der Waals surface area contributed by atoms with Crippen molar-refractivity contribution in [1.29, 1.82) is 0 Å². The van der Waals surface area contributed by atoms with Crippen molar-refractivity contribution in [1.82, 2.24) is 0 Å². The Hall–Kier alpha value is -1.23. The van der Waals surface area contributed by atoms with Gasteiger partial charge in [-0.2, -0.15) is 0 Å². The van der Waals surface area contributed by atoms with Crippen molar-refractivity contribution in [2.45, 2.75) is 12.5 Å². The minimum Gasteiger partial charge on any atom is -0.380 e. The number of halogens is 2. The second-order valence-electron chi connectivity index (χ2n) is 4.84. The molecule has 3 rings (SSSR count). The van der Waals surface area contributed by atoms with Crippen LogP contribution < -0.4 is 0 Å². The molecule has 0 aliphatic rings. The summed E-state index contributed by atoms with van der Waals surface area (Å²) in [5.41, 5.74) is -1.07. The fourth-order valence-corrected chi connectivity index (χ4v) is 3.71. The average Bonchev–Trinajstić information content (AvgIpc) is 2.86. The van der Waals surface area contributed by atoms with Gasteiger partial charge in [0.2, 0.25) is 0 Å². The SMILES string of the molecule is CC(O)(c1cc2ccccc2s1)c1cc(Br)ccc1F. The summed E-state index contributed by atoms with van der Waals surface area (Å²) in [6, 6.07) is 14.4. The molecule has 2 aromatic carbocycles. The van der Waals surface area contributed by atoms with Crippen molar-refractivity contribution in [3.8, 4) is 0 Å². The van der Waals surface area contributed by atoms with E-state index in [4.69, 9.17) is 0 Å². The lowest BCUT2D eigenvalue weighted by Crippen LogP contribution is -2.23. The van der Waals surface area contributed by atoms with E-state index in [9.17, 15) is 9.50 Å². The zero-order valence-corrected chi connectivity index (χ0v) is 13.1. The quantitative estimate of drug-likeness (QED) is 0.684. The molecule has 1 N–H and O–H groups in total. The van der Waals surface area contributed by atoms with Crippen LogP contribution >= 0.6 is 27.3 Å². The molecule has 0 radical (unpaired) electrons. The Bertz CT molecular complexity index is 746. The summed E-state index contributed by atoms with van der Waals surface area (Å²) in [4.78, 5) is 0.732. The molecule has 0 aliphatic carbocycles. The van der Waals surface area contributed by atoms with E-state index < -0.39 is 11.4 Å². The molecule has 0 aliphatic heterocycles. The zero-order chi connectivity index (χ0) is 14.3. The number of benzene rings is 2. The van der Waals surface area contributed by atoms with Crippen molar-refractivity contribution >= 4 is 37.4 Å². The van der Waals surface area contributed by atoms with Crippen molar-refractivity contribution in [3.63, 3.8) is 0 Å². The van der Waals surface area contributed by atoms with Gasteiger partial charge in [-0.3, -0.25) is 0 Å². The maximum atomic E-state index is 14.0. The van der Waals surface area contributed by atoms with E-state index in [1.54, 1.807) is 19.1 Å². The molecule has 20 heavy (non-hydrogen) atoms. The highest BCUT2D eigenvalue weighted by molar-refractivity contribution is 9.10. The molecule has 1 nitrogen and oxygen atoms in total. The van der Waals surface area contributed by atoms with E-state index in [0.717, 1.165) is 19.4 Å². The number of aliphatic hydroxyl groups is 1. The Morgan fingerprint density at radius 1 is 1.15 bits per heavy atom. The Morgan fingerprint density at radius 2 is 1.90 bits per heavy atom. The number of thiophene rings is 1. The number of hydrogen-bond donors (Lipinski definition) is 1. The van der Waals surface area contributed by atoms with Gasteiger partial charge in [0, 0.05) is 19.6 Å². The minimum atomic E-state index is -1.35. The molecule has 1 aromatic heterocycles. The van der Waals surface area contributed by atoms with E-state index >= 15 is 0 Å². The van der Waals surface area contributed by atoms with Gasteiger partial charge in [0.1, 0.15) is 11.4 Å². The first-order valence-corrected chi connectivity index (χ1v) is 7.76. The fraction of sp³-hybridized carbons (Fsp3) is 0.125. The molecule has 1 atom stereocenters. The van der Waals surface area contributed by atoms with E-state index in [1.807, 2.05) is 30.3 Å². The van der Waals surface area contributed by atoms with Gasteiger partial charge in [-0.05, 0) is 42.6 Å². The summed E-state index contributed by atoms with van der Waals surface area (Å²) in [5.74, 6) is -0.407. The van der Waals surface area contributed by atoms with Crippen LogP contribution in [0, 0.1) is 5.82 Å². The molecule has 1 heterocycles. The van der Waals surface area contributed by atoms with E-state index in [0.29, 0.717) is 0 Å². The van der Waals surface area contributed by atoms with Crippen molar-refractivity contribution < 1.29 is 9.50 Å². The molecule has 0 saturated heterocycles. The molecule has 3 aromatic rings. The Morgan fingerprint density at radius 3 is 2.65 bits per heavy atom. The summed E-state index contributed by atoms with van der Waals surface area (Å²) in [6.07, 6.45) is 0. The fourth-order valence-electron chi connectivity index (χ4n) is 2.23. The molecule has 0 amide bonds. The molecule has 1 unspecified atom stereocenters. The van der Waals surface area contributed by atoms with Crippen LogP contribution in [-0.4, -0.2) is 5.11 Å². The lowest BCUT2D eigenvalue weighted by Gasteiger charge is -2.23. The first-order valence-electron chi connectivity index (χ1n) is 6.15. The topological polar surface area (TPSA) is 20.2 Å². The van der Waals surface area contributed by atoms with Crippen LogP contribution in [0.25, 0.3) is 10.1 Å². The van der Waals surface area contributed by atoms with Gasteiger partial charge < -0.3 is 5.11 Å². The Balaban J connectivity index is 2.17. The summed E-state index contributed by atoms with van der Waals surface area (Å²) < 4.78 is 15.9. The number of hydrogen-bond acceptors (Lipinski definition) is 2. The zero-order valence-electron chi connectivity index (χ0n) is 10.7. The van der Waals surface area contributed by atoms with Crippen molar-refractivity contribution in [2.24, 2.45) is 0 Å². The molecule has 0 saturated carbocycles. The lowest BCUT2D eigenvalue weighted by molar-refractivity contribution is 0.102. The minimum absolute atomic E-state index is 0.276. The van der Waals surface area contributed by atoms with Gasteiger partial charge in [-0.15, -0.1) is 11.3 Å². The molecule has 102 valence electrons.